The van der Waals surface area contributed by atoms with Gasteiger partial charge in [0.05, 0.1) is 18.9 Å². The number of anilines is 1. The summed E-state index contributed by atoms with van der Waals surface area (Å²) in [6.45, 7) is 1.61. The van der Waals surface area contributed by atoms with Gasteiger partial charge in [-0.05, 0) is 31.2 Å². The summed E-state index contributed by atoms with van der Waals surface area (Å²) in [6, 6.07) is 6.67. The summed E-state index contributed by atoms with van der Waals surface area (Å²) in [7, 11) is 1.29. The minimum atomic E-state index is -0.456. The first-order valence-electron chi connectivity index (χ1n) is 6.21. The van der Waals surface area contributed by atoms with E-state index < -0.39 is 5.97 Å². The van der Waals surface area contributed by atoms with E-state index in [0.717, 1.165) is 0 Å². The maximum atomic E-state index is 12.0. The van der Waals surface area contributed by atoms with E-state index in [0.29, 0.717) is 22.7 Å². The molecular weight excluding hydrogens is 274 g/mol. The lowest BCUT2D eigenvalue weighted by Gasteiger charge is -2.07. The van der Waals surface area contributed by atoms with Crippen molar-refractivity contribution in [1.82, 2.24) is 10.2 Å². The molecule has 2 aromatic rings. The van der Waals surface area contributed by atoms with Gasteiger partial charge in [-0.1, -0.05) is 0 Å². The van der Waals surface area contributed by atoms with Crippen LogP contribution in [0.2, 0.25) is 0 Å². The zero-order valence-electron chi connectivity index (χ0n) is 11.7. The van der Waals surface area contributed by atoms with Crippen LogP contribution in [0.15, 0.2) is 30.5 Å². The van der Waals surface area contributed by atoms with Crippen molar-refractivity contribution in [2.75, 3.05) is 19.0 Å². The number of hydrogen-bond donors (Lipinski definition) is 2. The summed E-state index contributed by atoms with van der Waals surface area (Å²) in [4.78, 5) is 22.9. The van der Waals surface area contributed by atoms with Gasteiger partial charge in [0.15, 0.2) is 6.61 Å². The number of H-pyrrole nitrogens is 1. The van der Waals surface area contributed by atoms with Crippen molar-refractivity contribution < 1.29 is 19.1 Å². The predicted molar refractivity (Wildman–Crippen MR) is 75.2 cm³/mol. The number of nitrogens with zero attached hydrogens (tertiary/aromatic N) is 1. The number of hydrogen-bond acceptors (Lipinski definition) is 5. The number of carbonyl (C=O) groups is 2. The van der Waals surface area contributed by atoms with Crippen LogP contribution in [0.25, 0.3) is 0 Å². The molecule has 1 aromatic carbocycles. The van der Waals surface area contributed by atoms with E-state index in [-0.39, 0.29) is 12.5 Å². The SMILES string of the molecule is COC(=O)COc1ccc(NC(=O)c2cn[nH]c2C)cc1. The number of methoxy groups -OCH3 is 1. The Bertz CT molecular complexity index is 634. The number of benzene rings is 1. The Balaban J connectivity index is 1.95. The molecule has 2 rings (SSSR count). The van der Waals surface area contributed by atoms with Crippen LogP contribution >= 0.6 is 0 Å². The Morgan fingerprint density at radius 2 is 2.00 bits per heavy atom. The number of amides is 1. The van der Waals surface area contributed by atoms with E-state index in [1.807, 2.05) is 0 Å². The molecule has 0 aliphatic heterocycles. The summed E-state index contributed by atoms with van der Waals surface area (Å²) in [5, 5.41) is 9.24. The molecule has 0 atom stereocenters. The Morgan fingerprint density at radius 1 is 1.29 bits per heavy atom. The van der Waals surface area contributed by atoms with Crippen LogP contribution in [-0.4, -0.2) is 35.8 Å². The van der Waals surface area contributed by atoms with E-state index in [1.54, 1.807) is 31.2 Å². The highest BCUT2D eigenvalue weighted by molar-refractivity contribution is 6.04. The molecule has 0 spiro atoms. The number of carbonyl (C=O) groups excluding carboxylic acids is 2. The van der Waals surface area contributed by atoms with Crippen molar-refractivity contribution in [2.45, 2.75) is 6.92 Å². The highest BCUT2D eigenvalue weighted by Crippen LogP contribution is 2.17. The van der Waals surface area contributed by atoms with Crippen LogP contribution in [0.3, 0.4) is 0 Å². The molecule has 0 aliphatic rings. The zero-order chi connectivity index (χ0) is 15.2. The Kier molecular flexibility index (Phi) is 4.55. The highest BCUT2D eigenvalue weighted by atomic mass is 16.6. The molecule has 0 saturated carbocycles. The monoisotopic (exact) mass is 289 g/mol. The molecular formula is C14H15N3O4. The van der Waals surface area contributed by atoms with Crippen molar-refractivity contribution in [3.05, 3.63) is 41.7 Å². The Morgan fingerprint density at radius 3 is 2.57 bits per heavy atom. The third kappa shape index (κ3) is 3.82. The Hall–Kier alpha value is -2.83. The van der Waals surface area contributed by atoms with Gasteiger partial charge in [-0.3, -0.25) is 9.89 Å². The van der Waals surface area contributed by atoms with Crippen LogP contribution in [0.1, 0.15) is 16.1 Å². The average Bonchev–Trinajstić information content (AvgIpc) is 2.92. The minimum Gasteiger partial charge on any atom is -0.482 e. The number of rotatable bonds is 5. The van der Waals surface area contributed by atoms with Gasteiger partial charge in [0.25, 0.3) is 5.91 Å². The highest BCUT2D eigenvalue weighted by Gasteiger charge is 2.11. The first-order chi connectivity index (χ1) is 10.1. The lowest BCUT2D eigenvalue weighted by molar-refractivity contribution is -0.142. The molecule has 0 aliphatic carbocycles. The van der Waals surface area contributed by atoms with Gasteiger partial charge in [0.1, 0.15) is 5.75 Å². The molecule has 21 heavy (non-hydrogen) atoms. The van der Waals surface area contributed by atoms with Crippen LogP contribution in [-0.2, 0) is 9.53 Å². The fourth-order valence-electron chi connectivity index (χ4n) is 1.61. The normalized spacial score (nSPS) is 10.0. The van der Waals surface area contributed by atoms with E-state index in [1.165, 1.54) is 13.3 Å². The fourth-order valence-corrected chi connectivity index (χ4v) is 1.61. The summed E-state index contributed by atoms with van der Waals surface area (Å²) in [5.74, 6) is -0.190. The van der Waals surface area contributed by atoms with Crippen molar-refractivity contribution in [1.29, 1.82) is 0 Å². The molecule has 0 bridgehead atoms. The maximum absolute atomic E-state index is 12.0. The number of aromatic amines is 1. The molecule has 0 unspecified atom stereocenters. The number of ether oxygens (including phenoxy) is 2. The summed E-state index contributed by atoms with van der Waals surface area (Å²) >= 11 is 0. The zero-order valence-corrected chi connectivity index (χ0v) is 11.7. The van der Waals surface area contributed by atoms with Gasteiger partial charge in [-0.15, -0.1) is 0 Å². The van der Waals surface area contributed by atoms with E-state index in [2.05, 4.69) is 20.3 Å². The standard InChI is InChI=1S/C14H15N3O4/c1-9-12(7-15-17-9)14(19)16-10-3-5-11(6-4-10)21-8-13(18)20-2/h3-7H,8H2,1-2H3,(H,15,17)(H,16,19). The molecule has 1 amide bonds. The van der Waals surface area contributed by atoms with Crippen molar-refractivity contribution in [3.8, 4) is 5.75 Å². The van der Waals surface area contributed by atoms with E-state index in [9.17, 15) is 9.59 Å². The molecule has 2 N–H and O–H groups in total. The number of aryl methyl sites for hydroxylation is 1. The molecule has 7 heteroatoms. The van der Waals surface area contributed by atoms with Crippen LogP contribution in [0, 0.1) is 6.92 Å². The van der Waals surface area contributed by atoms with Gasteiger partial charge in [-0.2, -0.15) is 5.10 Å². The number of esters is 1. The lowest BCUT2D eigenvalue weighted by atomic mass is 10.2. The summed E-state index contributed by atoms with van der Waals surface area (Å²) in [5.41, 5.74) is 1.80. The number of aromatic nitrogens is 2. The maximum Gasteiger partial charge on any atom is 0.343 e. The summed E-state index contributed by atoms with van der Waals surface area (Å²) < 4.78 is 9.68. The van der Waals surface area contributed by atoms with Gasteiger partial charge >= 0.3 is 5.97 Å². The van der Waals surface area contributed by atoms with E-state index in [4.69, 9.17) is 4.74 Å². The van der Waals surface area contributed by atoms with Crippen LogP contribution in [0.5, 0.6) is 5.75 Å². The van der Waals surface area contributed by atoms with Gasteiger partial charge in [0.2, 0.25) is 0 Å². The minimum absolute atomic E-state index is 0.156. The van der Waals surface area contributed by atoms with Gasteiger partial charge in [-0.25, -0.2) is 4.79 Å². The molecule has 1 heterocycles. The third-order valence-electron chi connectivity index (χ3n) is 2.77. The Labute approximate surface area is 121 Å². The average molecular weight is 289 g/mol. The molecule has 110 valence electrons. The first kappa shape index (κ1) is 14.6. The molecule has 7 nitrogen and oxygen atoms in total. The lowest BCUT2D eigenvalue weighted by Crippen LogP contribution is -2.13. The van der Waals surface area contributed by atoms with E-state index >= 15 is 0 Å². The largest absolute Gasteiger partial charge is 0.482 e. The topological polar surface area (TPSA) is 93.3 Å². The quantitative estimate of drug-likeness (QED) is 0.814. The smallest absolute Gasteiger partial charge is 0.343 e. The van der Waals surface area contributed by atoms with Crippen LogP contribution in [0.4, 0.5) is 5.69 Å². The van der Waals surface area contributed by atoms with Gasteiger partial charge < -0.3 is 14.8 Å². The second kappa shape index (κ2) is 6.56. The van der Waals surface area contributed by atoms with Gasteiger partial charge in [0, 0.05) is 11.4 Å². The molecule has 0 fully saturated rings. The predicted octanol–water partition coefficient (Wildman–Crippen LogP) is 1.52. The fraction of sp³-hybridized carbons (Fsp3) is 0.214. The molecule has 0 saturated heterocycles. The molecule has 0 radical (unpaired) electrons. The first-order valence-corrected chi connectivity index (χ1v) is 6.21. The van der Waals surface area contributed by atoms with Crippen molar-refractivity contribution in [2.24, 2.45) is 0 Å². The van der Waals surface area contributed by atoms with Crippen molar-refractivity contribution >= 4 is 17.6 Å². The summed E-state index contributed by atoms with van der Waals surface area (Å²) in [6.07, 6.45) is 1.47. The molecule has 1 aromatic heterocycles. The second-order valence-corrected chi connectivity index (χ2v) is 4.25. The third-order valence-corrected chi connectivity index (χ3v) is 2.77. The van der Waals surface area contributed by atoms with Crippen LogP contribution < -0.4 is 10.1 Å². The number of nitrogens with one attached hydrogen (secondary N) is 2. The van der Waals surface area contributed by atoms with Crippen molar-refractivity contribution in [3.63, 3.8) is 0 Å². The second-order valence-electron chi connectivity index (χ2n) is 4.25.